The lowest BCUT2D eigenvalue weighted by Crippen LogP contribution is -2.20. The number of carbonyl (C=O) groups excluding carboxylic acids is 2. The molecule has 9 heteroatoms. The molecule has 0 aliphatic carbocycles. The van der Waals surface area contributed by atoms with Crippen molar-refractivity contribution in [1.82, 2.24) is 0 Å². The summed E-state index contributed by atoms with van der Waals surface area (Å²) in [5, 5.41) is 2.49. The zero-order valence-electron chi connectivity index (χ0n) is 12.3. The lowest BCUT2D eigenvalue weighted by Gasteiger charge is -2.15. The second kappa shape index (κ2) is 8.06. The number of carbonyl (C=O) groups is 2. The standard InChI is InChI=1S/C14H14F3NO5/c1-21-12(19)7-10(13(20)22-2)18-9-5-3-4-6-11(9)23-8-14(15,16)17/h3-7,18H,8H2,1-2H3/b10-7+. The Labute approximate surface area is 129 Å². The second-order valence-electron chi connectivity index (χ2n) is 4.10. The molecule has 0 unspecified atom stereocenters. The summed E-state index contributed by atoms with van der Waals surface area (Å²) >= 11 is 0. The molecule has 1 aromatic carbocycles. The minimum Gasteiger partial charge on any atom is -0.482 e. The van der Waals surface area contributed by atoms with Crippen LogP contribution in [0.15, 0.2) is 36.0 Å². The Morgan fingerprint density at radius 3 is 2.39 bits per heavy atom. The fourth-order valence-electron chi connectivity index (χ4n) is 1.43. The molecule has 23 heavy (non-hydrogen) atoms. The highest BCUT2D eigenvalue weighted by Crippen LogP contribution is 2.27. The number of methoxy groups -OCH3 is 2. The van der Waals surface area contributed by atoms with Crippen LogP contribution in [-0.4, -0.2) is 38.9 Å². The largest absolute Gasteiger partial charge is 0.482 e. The van der Waals surface area contributed by atoms with E-state index in [9.17, 15) is 22.8 Å². The van der Waals surface area contributed by atoms with Gasteiger partial charge in [-0.05, 0) is 12.1 Å². The maximum absolute atomic E-state index is 12.2. The van der Waals surface area contributed by atoms with E-state index >= 15 is 0 Å². The van der Waals surface area contributed by atoms with E-state index in [-0.39, 0.29) is 17.1 Å². The molecule has 0 spiro atoms. The molecule has 0 fully saturated rings. The third-order valence-corrected chi connectivity index (χ3v) is 2.42. The van der Waals surface area contributed by atoms with E-state index < -0.39 is 24.7 Å². The fraction of sp³-hybridized carbons (Fsp3) is 0.286. The van der Waals surface area contributed by atoms with Crippen LogP contribution in [0.2, 0.25) is 0 Å². The summed E-state index contributed by atoms with van der Waals surface area (Å²) in [6, 6.07) is 5.62. The molecule has 126 valence electrons. The van der Waals surface area contributed by atoms with Crippen LogP contribution in [0.1, 0.15) is 0 Å². The van der Waals surface area contributed by atoms with E-state index in [4.69, 9.17) is 0 Å². The highest BCUT2D eigenvalue weighted by atomic mass is 19.4. The SMILES string of the molecule is COC(=O)/C=C(/Nc1ccccc1OCC(F)(F)F)C(=O)OC. The summed E-state index contributed by atoms with van der Waals surface area (Å²) in [5.74, 6) is -1.89. The molecule has 1 aromatic rings. The molecule has 1 rings (SSSR count). The van der Waals surface area contributed by atoms with Gasteiger partial charge in [-0.2, -0.15) is 13.2 Å². The first kappa shape index (κ1) is 18.3. The van der Waals surface area contributed by atoms with Crippen molar-refractivity contribution in [2.24, 2.45) is 0 Å². The molecule has 0 atom stereocenters. The van der Waals surface area contributed by atoms with Gasteiger partial charge in [0.05, 0.1) is 26.0 Å². The van der Waals surface area contributed by atoms with Crippen LogP contribution in [-0.2, 0) is 19.1 Å². The van der Waals surface area contributed by atoms with Crippen molar-refractivity contribution < 1.29 is 37.0 Å². The highest BCUT2D eigenvalue weighted by Gasteiger charge is 2.29. The number of nitrogens with one attached hydrogen (secondary N) is 1. The number of esters is 2. The summed E-state index contributed by atoms with van der Waals surface area (Å²) in [6.45, 7) is -1.50. The highest BCUT2D eigenvalue weighted by molar-refractivity contribution is 5.99. The zero-order valence-corrected chi connectivity index (χ0v) is 12.3. The molecule has 0 radical (unpaired) electrons. The molecular formula is C14H14F3NO5. The third-order valence-electron chi connectivity index (χ3n) is 2.42. The molecular weight excluding hydrogens is 319 g/mol. The van der Waals surface area contributed by atoms with Crippen LogP contribution in [0, 0.1) is 0 Å². The Morgan fingerprint density at radius 1 is 1.17 bits per heavy atom. The first-order chi connectivity index (χ1) is 10.8. The lowest BCUT2D eigenvalue weighted by molar-refractivity contribution is -0.153. The van der Waals surface area contributed by atoms with Crippen molar-refractivity contribution >= 4 is 17.6 Å². The Balaban J connectivity index is 3.02. The van der Waals surface area contributed by atoms with Crippen molar-refractivity contribution in [1.29, 1.82) is 0 Å². The number of benzene rings is 1. The predicted molar refractivity (Wildman–Crippen MR) is 73.7 cm³/mol. The van der Waals surface area contributed by atoms with Gasteiger partial charge in [0.15, 0.2) is 6.61 Å². The zero-order chi connectivity index (χ0) is 17.5. The van der Waals surface area contributed by atoms with Crippen molar-refractivity contribution in [2.45, 2.75) is 6.18 Å². The van der Waals surface area contributed by atoms with Crippen LogP contribution in [0.25, 0.3) is 0 Å². The average molecular weight is 333 g/mol. The molecule has 6 nitrogen and oxygen atoms in total. The second-order valence-corrected chi connectivity index (χ2v) is 4.10. The van der Waals surface area contributed by atoms with E-state index in [2.05, 4.69) is 19.5 Å². The Hall–Kier alpha value is -2.71. The summed E-state index contributed by atoms with van der Waals surface area (Å²) in [4.78, 5) is 22.9. The summed E-state index contributed by atoms with van der Waals surface area (Å²) in [6.07, 6.45) is -3.70. The smallest absolute Gasteiger partial charge is 0.422 e. The van der Waals surface area contributed by atoms with Gasteiger partial charge in [0.2, 0.25) is 0 Å². The summed E-state index contributed by atoms with van der Waals surface area (Å²) in [7, 11) is 2.19. The fourth-order valence-corrected chi connectivity index (χ4v) is 1.43. The van der Waals surface area contributed by atoms with Gasteiger partial charge in [-0.15, -0.1) is 0 Å². The van der Waals surface area contributed by atoms with Gasteiger partial charge in [0, 0.05) is 0 Å². The van der Waals surface area contributed by atoms with Gasteiger partial charge in [-0.25, -0.2) is 9.59 Å². The number of alkyl halides is 3. The maximum Gasteiger partial charge on any atom is 0.422 e. The average Bonchev–Trinajstić information content (AvgIpc) is 2.51. The number of rotatable bonds is 6. The monoisotopic (exact) mass is 333 g/mol. The molecule has 0 saturated heterocycles. The minimum absolute atomic E-state index is 0.0531. The van der Waals surface area contributed by atoms with E-state index in [1.807, 2.05) is 0 Å². The van der Waals surface area contributed by atoms with Crippen LogP contribution < -0.4 is 10.1 Å². The summed E-state index contributed by atoms with van der Waals surface area (Å²) in [5.41, 5.74) is -0.264. The van der Waals surface area contributed by atoms with Crippen molar-refractivity contribution in [3.8, 4) is 5.75 Å². The number of anilines is 1. The first-order valence-electron chi connectivity index (χ1n) is 6.20. The van der Waals surface area contributed by atoms with Crippen LogP contribution >= 0.6 is 0 Å². The van der Waals surface area contributed by atoms with E-state index in [0.29, 0.717) is 0 Å². The van der Waals surface area contributed by atoms with Crippen molar-refractivity contribution in [3.05, 3.63) is 36.0 Å². The number of halogens is 3. The Kier molecular flexibility index (Phi) is 6.43. The number of hydrogen-bond acceptors (Lipinski definition) is 6. The predicted octanol–water partition coefficient (Wildman–Crippen LogP) is 2.27. The minimum atomic E-state index is -4.51. The van der Waals surface area contributed by atoms with Gasteiger partial charge in [-0.1, -0.05) is 12.1 Å². The van der Waals surface area contributed by atoms with Gasteiger partial charge in [-0.3, -0.25) is 0 Å². The molecule has 1 N–H and O–H groups in total. The number of ether oxygens (including phenoxy) is 3. The molecule has 0 aliphatic heterocycles. The molecule has 0 bridgehead atoms. The molecule has 0 aromatic heterocycles. The molecule has 0 amide bonds. The topological polar surface area (TPSA) is 73.9 Å². The molecule has 0 aliphatic rings. The van der Waals surface area contributed by atoms with Gasteiger partial charge in [0.1, 0.15) is 11.4 Å². The van der Waals surface area contributed by atoms with E-state index in [0.717, 1.165) is 20.3 Å². The van der Waals surface area contributed by atoms with Crippen LogP contribution in [0.3, 0.4) is 0 Å². The molecule has 0 saturated carbocycles. The van der Waals surface area contributed by atoms with Gasteiger partial charge >= 0.3 is 18.1 Å². The normalized spacial score (nSPS) is 11.6. The van der Waals surface area contributed by atoms with Crippen LogP contribution in [0.5, 0.6) is 5.75 Å². The van der Waals surface area contributed by atoms with E-state index in [1.165, 1.54) is 24.3 Å². The quantitative estimate of drug-likeness (QED) is 0.636. The van der Waals surface area contributed by atoms with Crippen molar-refractivity contribution in [2.75, 3.05) is 26.1 Å². The van der Waals surface area contributed by atoms with E-state index in [1.54, 1.807) is 0 Å². The Bertz CT molecular complexity index is 598. The van der Waals surface area contributed by atoms with Gasteiger partial charge in [0.25, 0.3) is 0 Å². The number of hydrogen-bond donors (Lipinski definition) is 1. The first-order valence-corrected chi connectivity index (χ1v) is 6.20. The van der Waals surface area contributed by atoms with Gasteiger partial charge < -0.3 is 19.5 Å². The Morgan fingerprint density at radius 2 is 1.83 bits per heavy atom. The summed E-state index contributed by atoms with van der Waals surface area (Å²) < 4.78 is 50.3. The van der Waals surface area contributed by atoms with Crippen LogP contribution in [0.4, 0.5) is 18.9 Å². The maximum atomic E-state index is 12.2. The van der Waals surface area contributed by atoms with Crippen molar-refractivity contribution in [3.63, 3.8) is 0 Å². The third kappa shape index (κ3) is 6.29. The molecule has 0 heterocycles. The lowest BCUT2D eigenvalue weighted by atomic mass is 10.2. The number of para-hydroxylation sites is 2.